The van der Waals surface area contributed by atoms with Crippen LogP contribution in [0, 0.1) is 0 Å². The molecule has 0 radical (unpaired) electrons. The van der Waals surface area contributed by atoms with Crippen LogP contribution in [0.4, 0.5) is 11.4 Å². The Labute approximate surface area is 192 Å². The first-order chi connectivity index (χ1) is 15.9. The summed E-state index contributed by atoms with van der Waals surface area (Å²) in [5.74, 6) is -1.30. The van der Waals surface area contributed by atoms with E-state index in [1.807, 2.05) is 0 Å². The predicted molar refractivity (Wildman–Crippen MR) is 124 cm³/mol. The molecule has 0 unspecified atom stereocenters. The topological polar surface area (TPSA) is 122 Å². The van der Waals surface area contributed by atoms with Gasteiger partial charge in [-0.3, -0.25) is 14.4 Å². The number of halogens is 1. The van der Waals surface area contributed by atoms with Gasteiger partial charge in [-0.15, -0.1) is 0 Å². The van der Waals surface area contributed by atoms with Crippen LogP contribution in [-0.2, 0) is 0 Å². The highest BCUT2D eigenvalue weighted by atomic mass is 35.5. The van der Waals surface area contributed by atoms with E-state index < -0.39 is 11.8 Å². The van der Waals surface area contributed by atoms with Gasteiger partial charge in [-0.1, -0.05) is 29.8 Å². The lowest BCUT2D eigenvalue weighted by Crippen LogP contribution is -2.17. The fourth-order valence-electron chi connectivity index (χ4n) is 3.03. The number of aromatic nitrogens is 1. The number of aromatic hydroxyl groups is 1. The van der Waals surface area contributed by atoms with Crippen molar-refractivity contribution in [3.8, 4) is 16.9 Å². The predicted octanol–water partition coefficient (Wildman–Crippen LogP) is 4.57. The zero-order chi connectivity index (χ0) is 23.4. The molecule has 0 saturated carbocycles. The molecular formula is C24H16ClN3O5. The fraction of sp³-hybridized carbons (Fsp3) is 0. The third-order valence-electron chi connectivity index (χ3n) is 4.70. The Kier molecular flexibility index (Phi) is 6.19. The number of phenolic OH excluding ortho intramolecular Hbond substituents is 1. The van der Waals surface area contributed by atoms with Crippen LogP contribution in [0.1, 0.15) is 20.8 Å². The normalized spacial score (nSPS) is 10.5. The summed E-state index contributed by atoms with van der Waals surface area (Å²) in [6, 6.07) is 15.0. The van der Waals surface area contributed by atoms with E-state index in [1.54, 1.807) is 12.1 Å². The van der Waals surface area contributed by atoms with Gasteiger partial charge < -0.3 is 20.2 Å². The Morgan fingerprint density at radius 1 is 0.939 bits per heavy atom. The van der Waals surface area contributed by atoms with E-state index in [2.05, 4.69) is 15.6 Å². The molecule has 33 heavy (non-hydrogen) atoms. The summed E-state index contributed by atoms with van der Waals surface area (Å²) in [4.78, 5) is 41.2. The molecule has 0 spiro atoms. The van der Waals surface area contributed by atoms with Crippen molar-refractivity contribution in [3.05, 3.63) is 106 Å². The van der Waals surface area contributed by atoms with E-state index in [0.29, 0.717) is 16.1 Å². The van der Waals surface area contributed by atoms with Crippen LogP contribution in [0.5, 0.6) is 5.75 Å². The lowest BCUT2D eigenvalue weighted by Gasteiger charge is -2.14. The molecule has 9 heteroatoms. The molecular weight excluding hydrogens is 446 g/mol. The van der Waals surface area contributed by atoms with Gasteiger partial charge in [0.05, 0.1) is 22.5 Å². The van der Waals surface area contributed by atoms with E-state index in [0.717, 1.165) is 0 Å². The Morgan fingerprint density at radius 2 is 1.73 bits per heavy atom. The lowest BCUT2D eigenvalue weighted by atomic mass is 10.1. The van der Waals surface area contributed by atoms with Gasteiger partial charge in [0.15, 0.2) is 5.43 Å². The number of hydrogen-bond acceptors (Lipinski definition) is 6. The van der Waals surface area contributed by atoms with Crippen molar-refractivity contribution in [2.24, 2.45) is 0 Å². The summed E-state index contributed by atoms with van der Waals surface area (Å²) < 4.78 is 5.04. The molecule has 164 valence electrons. The molecule has 0 aliphatic carbocycles. The third-order valence-corrected chi connectivity index (χ3v) is 4.92. The summed E-state index contributed by atoms with van der Waals surface area (Å²) in [6.45, 7) is 0. The Balaban J connectivity index is 1.54. The number of phenols is 1. The van der Waals surface area contributed by atoms with Crippen molar-refractivity contribution in [1.29, 1.82) is 0 Å². The molecule has 2 aromatic heterocycles. The van der Waals surface area contributed by atoms with Crippen molar-refractivity contribution >= 4 is 34.8 Å². The minimum Gasteiger partial charge on any atom is -0.506 e. The maximum atomic E-state index is 12.8. The summed E-state index contributed by atoms with van der Waals surface area (Å²) in [6.07, 6.45) is 3.97. The number of anilines is 2. The maximum Gasteiger partial charge on any atom is 0.274 e. The van der Waals surface area contributed by atoms with Crippen LogP contribution in [0.3, 0.4) is 0 Å². The molecule has 4 aromatic rings. The Hall–Kier alpha value is -4.43. The molecule has 2 amide bonds. The molecule has 8 nitrogen and oxygen atoms in total. The number of carbonyl (C=O) groups is 2. The number of pyridine rings is 1. The third kappa shape index (κ3) is 4.91. The molecule has 0 aliphatic heterocycles. The average Bonchev–Trinajstić information content (AvgIpc) is 2.82. The fourth-order valence-corrected chi connectivity index (χ4v) is 3.14. The van der Waals surface area contributed by atoms with Gasteiger partial charge in [-0.05, 0) is 42.0 Å². The Morgan fingerprint density at radius 3 is 2.42 bits per heavy atom. The van der Waals surface area contributed by atoms with Crippen LogP contribution in [0.25, 0.3) is 11.1 Å². The zero-order valence-electron chi connectivity index (χ0n) is 16.9. The van der Waals surface area contributed by atoms with E-state index in [-0.39, 0.29) is 33.8 Å². The number of amides is 2. The number of carbonyl (C=O) groups excluding carboxylic acids is 2. The van der Waals surface area contributed by atoms with Gasteiger partial charge in [0.1, 0.15) is 23.4 Å². The zero-order valence-corrected chi connectivity index (χ0v) is 17.7. The van der Waals surface area contributed by atoms with Gasteiger partial charge in [0.25, 0.3) is 11.8 Å². The average molecular weight is 462 g/mol. The van der Waals surface area contributed by atoms with Gasteiger partial charge >= 0.3 is 0 Å². The van der Waals surface area contributed by atoms with Crippen LogP contribution in [0.2, 0.25) is 5.02 Å². The van der Waals surface area contributed by atoms with Gasteiger partial charge in [0.2, 0.25) is 0 Å². The van der Waals surface area contributed by atoms with E-state index >= 15 is 0 Å². The highest BCUT2D eigenvalue weighted by Crippen LogP contribution is 2.32. The highest BCUT2D eigenvalue weighted by molar-refractivity contribution is 6.30. The SMILES string of the molecule is O=C(Nc1c(O)cccc1NC(=O)c1ccc(Cl)cn1)c1ccc(-c2coccc2=O)cc1. The van der Waals surface area contributed by atoms with Crippen molar-refractivity contribution in [1.82, 2.24) is 4.98 Å². The Bertz CT molecular complexity index is 1380. The van der Waals surface area contributed by atoms with Crippen molar-refractivity contribution in [3.63, 3.8) is 0 Å². The number of rotatable bonds is 5. The summed E-state index contributed by atoms with van der Waals surface area (Å²) >= 11 is 5.80. The van der Waals surface area contributed by atoms with Crippen molar-refractivity contribution in [2.75, 3.05) is 10.6 Å². The number of hydrogen-bond donors (Lipinski definition) is 3. The largest absolute Gasteiger partial charge is 0.506 e. The van der Waals surface area contributed by atoms with Gasteiger partial charge in [-0.2, -0.15) is 0 Å². The van der Waals surface area contributed by atoms with Gasteiger partial charge in [0, 0.05) is 17.8 Å². The van der Waals surface area contributed by atoms with Crippen LogP contribution in [0.15, 0.2) is 88.6 Å². The minimum absolute atomic E-state index is 0.0255. The molecule has 0 saturated heterocycles. The van der Waals surface area contributed by atoms with Crippen LogP contribution in [-0.4, -0.2) is 21.9 Å². The first kappa shape index (κ1) is 21.8. The van der Waals surface area contributed by atoms with Crippen molar-refractivity contribution < 1.29 is 19.1 Å². The molecule has 0 aliphatic rings. The summed E-state index contributed by atoms with van der Waals surface area (Å²) in [5.41, 5.74) is 1.35. The second kappa shape index (κ2) is 9.37. The number of para-hydroxylation sites is 1. The van der Waals surface area contributed by atoms with E-state index in [1.165, 1.54) is 67.3 Å². The van der Waals surface area contributed by atoms with E-state index in [4.69, 9.17) is 16.0 Å². The molecule has 2 aromatic carbocycles. The molecule has 0 fully saturated rings. The highest BCUT2D eigenvalue weighted by Gasteiger charge is 2.16. The summed E-state index contributed by atoms with van der Waals surface area (Å²) in [5, 5.41) is 15.9. The minimum atomic E-state index is -0.543. The number of benzene rings is 2. The first-order valence-electron chi connectivity index (χ1n) is 9.65. The molecule has 4 rings (SSSR count). The van der Waals surface area contributed by atoms with Crippen molar-refractivity contribution in [2.45, 2.75) is 0 Å². The molecule has 2 heterocycles. The maximum absolute atomic E-state index is 12.8. The smallest absolute Gasteiger partial charge is 0.274 e. The van der Waals surface area contributed by atoms with Crippen LogP contribution < -0.4 is 16.1 Å². The monoisotopic (exact) mass is 461 g/mol. The molecule has 0 bridgehead atoms. The quantitative estimate of drug-likeness (QED) is 0.374. The standard InChI is InChI=1S/C24H16ClN3O5/c25-16-8-9-19(26-12-16)24(32)27-18-2-1-3-21(30)22(18)28-23(31)15-6-4-14(5-7-15)17-13-33-11-10-20(17)29/h1-13,30H,(H,27,32)(H,28,31). The first-order valence-corrected chi connectivity index (χ1v) is 10.0. The lowest BCUT2D eigenvalue weighted by molar-refractivity contribution is 0.101. The number of nitrogens with zero attached hydrogens (tertiary/aromatic N) is 1. The second-order valence-electron chi connectivity index (χ2n) is 6.88. The van der Waals surface area contributed by atoms with Gasteiger partial charge in [-0.25, -0.2) is 4.98 Å². The molecule has 0 atom stereocenters. The van der Waals surface area contributed by atoms with E-state index in [9.17, 15) is 19.5 Å². The molecule has 3 N–H and O–H groups in total. The second-order valence-corrected chi connectivity index (χ2v) is 7.32. The van der Waals surface area contributed by atoms with Crippen LogP contribution >= 0.6 is 11.6 Å². The summed E-state index contributed by atoms with van der Waals surface area (Å²) in [7, 11) is 0. The number of nitrogens with one attached hydrogen (secondary N) is 2.